The quantitative estimate of drug-likeness (QED) is 0.760. The van der Waals surface area contributed by atoms with Gasteiger partial charge in [-0.15, -0.1) is 11.3 Å². The molecule has 22 heavy (non-hydrogen) atoms. The van der Waals surface area contributed by atoms with Gasteiger partial charge in [0.15, 0.2) is 0 Å². The Morgan fingerprint density at radius 1 is 1.45 bits per heavy atom. The van der Waals surface area contributed by atoms with E-state index in [9.17, 15) is 4.79 Å². The van der Waals surface area contributed by atoms with Gasteiger partial charge in [0.2, 0.25) is 5.91 Å². The summed E-state index contributed by atoms with van der Waals surface area (Å²) in [6.07, 6.45) is 4.82. The van der Waals surface area contributed by atoms with Crippen LogP contribution in [0.5, 0.6) is 0 Å². The van der Waals surface area contributed by atoms with Crippen molar-refractivity contribution in [3.05, 3.63) is 35.6 Å². The van der Waals surface area contributed by atoms with Crippen molar-refractivity contribution < 1.29 is 9.53 Å². The number of carbonyl (C=O) groups excluding carboxylic acids is 1. The van der Waals surface area contributed by atoms with Crippen LogP contribution < -0.4 is 5.32 Å². The van der Waals surface area contributed by atoms with Crippen molar-refractivity contribution in [2.75, 3.05) is 13.2 Å². The zero-order chi connectivity index (χ0) is 15.8. The molecule has 0 bridgehead atoms. The van der Waals surface area contributed by atoms with E-state index in [0.717, 1.165) is 16.3 Å². The Hall–Kier alpha value is -1.79. The van der Waals surface area contributed by atoms with Crippen molar-refractivity contribution in [3.8, 4) is 10.6 Å². The first-order valence-corrected chi connectivity index (χ1v) is 8.26. The van der Waals surface area contributed by atoms with Crippen LogP contribution in [0.4, 0.5) is 0 Å². The fraction of sp³-hybridized carbons (Fsp3) is 0.438. The van der Waals surface area contributed by atoms with Gasteiger partial charge in [0, 0.05) is 36.3 Å². The molecule has 1 N–H and O–H groups in total. The lowest BCUT2D eigenvalue weighted by Gasteiger charge is -2.08. The molecule has 118 valence electrons. The van der Waals surface area contributed by atoms with E-state index in [2.05, 4.69) is 15.3 Å². The highest BCUT2D eigenvalue weighted by Gasteiger charge is 2.07. The molecular weight excluding hydrogens is 298 g/mol. The fourth-order valence-electron chi connectivity index (χ4n) is 1.86. The third-order valence-corrected chi connectivity index (χ3v) is 3.88. The Morgan fingerprint density at radius 3 is 3.05 bits per heavy atom. The van der Waals surface area contributed by atoms with Crippen LogP contribution in [-0.4, -0.2) is 35.1 Å². The van der Waals surface area contributed by atoms with Crippen molar-refractivity contribution in [3.63, 3.8) is 0 Å². The van der Waals surface area contributed by atoms with Crippen LogP contribution in [0.1, 0.15) is 26.0 Å². The van der Waals surface area contributed by atoms with Gasteiger partial charge in [0.1, 0.15) is 5.01 Å². The maximum atomic E-state index is 11.7. The molecular formula is C16H21N3O2S. The molecule has 0 unspecified atom stereocenters. The number of carbonyl (C=O) groups is 1. The highest BCUT2D eigenvalue weighted by molar-refractivity contribution is 7.13. The molecule has 0 radical (unpaired) electrons. The number of rotatable bonds is 8. The first-order valence-electron chi connectivity index (χ1n) is 7.38. The molecule has 2 rings (SSSR count). The summed E-state index contributed by atoms with van der Waals surface area (Å²) in [5, 5.41) is 5.78. The SMILES string of the molecule is CC(C)OCCNC(=O)CCc1csc(-c2cccnc2)n1. The zero-order valence-electron chi connectivity index (χ0n) is 12.9. The lowest BCUT2D eigenvalue weighted by molar-refractivity contribution is -0.121. The summed E-state index contributed by atoms with van der Waals surface area (Å²) in [6.45, 7) is 5.05. The average Bonchev–Trinajstić information content (AvgIpc) is 2.99. The van der Waals surface area contributed by atoms with Gasteiger partial charge in [-0.25, -0.2) is 4.98 Å². The maximum absolute atomic E-state index is 11.7. The minimum atomic E-state index is 0.0308. The number of nitrogens with zero attached hydrogens (tertiary/aromatic N) is 2. The minimum Gasteiger partial charge on any atom is -0.377 e. The topological polar surface area (TPSA) is 64.1 Å². The minimum absolute atomic E-state index is 0.0308. The lowest BCUT2D eigenvalue weighted by atomic mass is 10.2. The molecule has 0 aromatic carbocycles. The lowest BCUT2D eigenvalue weighted by Crippen LogP contribution is -2.28. The van der Waals surface area contributed by atoms with E-state index in [-0.39, 0.29) is 12.0 Å². The first kappa shape index (κ1) is 16.6. The fourth-order valence-corrected chi connectivity index (χ4v) is 2.70. The molecule has 0 spiro atoms. The molecule has 0 aliphatic heterocycles. The van der Waals surface area contributed by atoms with Crippen LogP contribution in [-0.2, 0) is 16.0 Å². The smallest absolute Gasteiger partial charge is 0.220 e. The van der Waals surface area contributed by atoms with Crippen molar-refractivity contribution in [1.82, 2.24) is 15.3 Å². The average molecular weight is 319 g/mol. The molecule has 0 atom stereocenters. The Bertz CT molecular complexity index is 584. The number of ether oxygens (including phenoxy) is 1. The summed E-state index contributed by atoms with van der Waals surface area (Å²) < 4.78 is 5.38. The zero-order valence-corrected chi connectivity index (χ0v) is 13.7. The molecule has 1 amide bonds. The summed E-state index contributed by atoms with van der Waals surface area (Å²) in [5.41, 5.74) is 1.95. The number of pyridine rings is 1. The molecule has 0 fully saturated rings. The predicted molar refractivity (Wildman–Crippen MR) is 87.8 cm³/mol. The van der Waals surface area contributed by atoms with Crippen molar-refractivity contribution >= 4 is 17.2 Å². The van der Waals surface area contributed by atoms with Crippen molar-refractivity contribution in [1.29, 1.82) is 0 Å². The molecule has 0 saturated heterocycles. The molecule has 2 aromatic rings. The normalized spacial score (nSPS) is 10.9. The van der Waals surface area contributed by atoms with Crippen LogP contribution in [0.15, 0.2) is 29.9 Å². The molecule has 0 aliphatic rings. The molecule has 2 aromatic heterocycles. The molecule has 5 nitrogen and oxygen atoms in total. The van der Waals surface area contributed by atoms with Gasteiger partial charge < -0.3 is 10.1 Å². The van der Waals surface area contributed by atoms with Gasteiger partial charge in [-0.1, -0.05) is 0 Å². The number of nitrogens with one attached hydrogen (secondary N) is 1. The summed E-state index contributed by atoms with van der Waals surface area (Å²) in [5.74, 6) is 0.0308. The Balaban J connectivity index is 1.73. The number of hydrogen-bond donors (Lipinski definition) is 1. The van der Waals surface area contributed by atoms with Gasteiger partial charge in [0.25, 0.3) is 0 Å². The van der Waals surface area contributed by atoms with Crippen LogP contribution in [0, 0.1) is 0 Å². The largest absolute Gasteiger partial charge is 0.377 e. The highest BCUT2D eigenvalue weighted by atomic mass is 32.1. The van der Waals surface area contributed by atoms with E-state index in [0.29, 0.717) is 26.0 Å². The van der Waals surface area contributed by atoms with E-state index in [1.807, 2.05) is 31.4 Å². The van der Waals surface area contributed by atoms with Gasteiger partial charge in [-0.2, -0.15) is 0 Å². The van der Waals surface area contributed by atoms with Crippen LogP contribution >= 0.6 is 11.3 Å². The van der Waals surface area contributed by atoms with E-state index < -0.39 is 0 Å². The first-order chi connectivity index (χ1) is 10.6. The van der Waals surface area contributed by atoms with Gasteiger partial charge in [-0.05, 0) is 32.4 Å². The van der Waals surface area contributed by atoms with E-state index >= 15 is 0 Å². The monoisotopic (exact) mass is 319 g/mol. The molecule has 2 heterocycles. The Labute approximate surface area is 134 Å². The van der Waals surface area contributed by atoms with Gasteiger partial charge >= 0.3 is 0 Å². The number of aromatic nitrogens is 2. The van der Waals surface area contributed by atoms with Crippen LogP contribution in [0.25, 0.3) is 10.6 Å². The van der Waals surface area contributed by atoms with Gasteiger partial charge in [-0.3, -0.25) is 9.78 Å². The highest BCUT2D eigenvalue weighted by Crippen LogP contribution is 2.23. The summed E-state index contributed by atoms with van der Waals surface area (Å²) in [6, 6.07) is 3.88. The Kier molecular flexibility index (Phi) is 6.48. The summed E-state index contributed by atoms with van der Waals surface area (Å²) in [7, 11) is 0. The van der Waals surface area contributed by atoms with Crippen LogP contribution in [0.2, 0.25) is 0 Å². The molecule has 0 aliphatic carbocycles. The second-order valence-electron chi connectivity index (χ2n) is 5.16. The standard InChI is InChI=1S/C16H21N3O2S/c1-12(2)21-9-8-18-15(20)6-5-14-11-22-16(19-14)13-4-3-7-17-10-13/h3-4,7,10-12H,5-6,8-9H2,1-2H3,(H,18,20). The Morgan fingerprint density at radius 2 is 2.32 bits per heavy atom. The summed E-state index contributed by atoms with van der Waals surface area (Å²) >= 11 is 1.58. The molecule has 6 heteroatoms. The van der Waals surface area contributed by atoms with Crippen molar-refractivity contribution in [2.24, 2.45) is 0 Å². The van der Waals surface area contributed by atoms with E-state index in [1.165, 1.54) is 0 Å². The second-order valence-corrected chi connectivity index (χ2v) is 6.01. The number of thiazole rings is 1. The number of hydrogen-bond acceptors (Lipinski definition) is 5. The number of amides is 1. The third-order valence-electron chi connectivity index (χ3n) is 2.94. The third kappa shape index (κ3) is 5.54. The number of aryl methyl sites for hydroxylation is 1. The van der Waals surface area contributed by atoms with E-state index in [4.69, 9.17) is 4.74 Å². The predicted octanol–water partition coefficient (Wildman–Crippen LogP) is 2.68. The van der Waals surface area contributed by atoms with E-state index in [1.54, 1.807) is 23.7 Å². The van der Waals surface area contributed by atoms with Gasteiger partial charge in [0.05, 0.1) is 18.4 Å². The maximum Gasteiger partial charge on any atom is 0.220 e. The van der Waals surface area contributed by atoms with Crippen LogP contribution in [0.3, 0.4) is 0 Å². The summed E-state index contributed by atoms with van der Waals surface area (Å²) in [4.78, 5) is 20.4. The molecule has 0 saturated carbocycles. The second kappa shape index (κ2) is 8.60. The van der Waals surface area contributed by atoms with Crippen molar-refractivity contribution in [2.45, 2.75) is 32.8 Å².